The molecule has 3 N–H and O–H groups in total. The van der Waals surface area contributed by atoms with Gasteiger partial charge in [0, 0.05) is 0 Å². The van der Waals surface area contributed by atoms with Crippen LogP contribution in [0.5, 0.6) is 0 Å². The standard InChI is InChI=1S/C16H26N2O3/c1-6-11(2)8-7-9-12(3)10-21-16(20)14(5)18-15(19)13(4)17/h6,9,13-14H,1-2,7-8,10,17H2,3-5H3,(H,18,19)/b12-9+/t13-,14-/m0/s1. The smallest absolute Gasteiger partial charge is 0.328 e. The number of carbonyl (C=O) groups excluding carboxylic acids is 2. The number of esters is 1. The van der Waals surface area contributed by atoms with E-state index in [1.165, 1.54) is 0 Å². The van der Waals surface area contributed by atoms with Gasteiger partial charge in [-0.2, -0.15) is 0 Å². The van der Waals surface area contributed by atoms with Crippen LogP contribution in [0.3, 0.4) is 0 Å². The van der Waals surface area contributed by atoms with Crippen LogP contribution in [0.2, 0.25) is 0 Å². The summed E-state index contributed by atoms with van der Waals surface area (Å²) < 4.78 is 5.12. The van der Waals surface area contributed by atoms with Crippen molar-refractivity contribution in [3.8, 4) is 0 Å². The summed E-state index contributed by atoms with van der Waals surface area (Å²) in [6.45, 7) is 12.7. The molecule has 0 heterocycles. The Balaban J connectivity index is 4.11. The van der Waals surface area contributed by atoms with Gasteiger partial charge in [0.05, 0.1) is 6.04 Å². The van der Waals surface area contributed by atoms with E-state index in [1.54, 1.807) is 19.9 Å². The van der Waals surface area contributed by atoms with E-state index in [1.807, 2.05) is 13.0 Å². The summed E-state index contributed by atoms with van der Waals surface area (Å²) in [7, 11) is 0. The monoisotopic (exact) mass is 294 g/mol. The molecule has 118 valence electrons. The average Bonchev–Trinajstić information content (AvgIpc) is 2.43. The third kappa shape index (κ3) is 8.81. The number of rotatable bonds is 9. The number of ether oxygens (including phenoxy) is 1. The minimum Gasteiger partial charge on any atom is -0.460 e. The number of nitrogens with one attached hydrogen (secondary N) is 1. The summed E-state index contributed by atoms with van der Waals surface area (Å²) in [5.41, 5.74) is 7.34. The molecule has 0 aliphatic rings. The Hall–Kier alpha value is -1.88. The molecule has 0 rings (SSSR count). The molecule has 0 saturated heterocycles. The molecule has 2 atom stereocenters. The molecule has 0 unspecified atom stereocenters. The fraction of sp³-hybridized carbons (Fsp3) is 0.500. The summed E-state index contributed by atoms with van der Waals surface area (Å²) in [5.74, 6) is -0.859. The van der Waals surface area contributed by atoms with Gasteiger partial charge in [0.1, 0.15) is 12.6 Å². The van der Waals surface area contributed by atoms with Crippen molar-refractivity contribution in [2.24, 2.45) is 5.73 Å². The Kier molecular flexibility index (Phi) is 9.05. The van der Waals surface area contributed by atoms with Crippen molar-refractivity contribution in [3.63, 3.8) is 0 Å². The zero-order valence-corrected chi connectivity index (χ0v) is 13.1. The highest BCUT2D eigenvalue weighted by Crippen LogP contribution is 2.06. The van der Waals surface area contributed by atoms with Crippen LogP contribution in [0.4, 0.5) is 0 Å². The van der Waals surface area contributed by atoms with Crippen LogP contribution in [-0.2, 0) is 14.3 Å². The Bertz CT molecular complexity index is 425. The molecule has 0 aromatic carbocycles. The van der Waals surface area contributed by atoms with Crippen LogP contribution in [-0.4, -0.2) is 30.6 Å². The average molecular weight is 294 g/mol. The maximum Gasteiger partial charge on any atom is 0.328 e. The van der Waals surface area contributed by atoms with E-state index in [0.29, 0.717) is 0 Å². The lowest BCUT2D eigenvalue weighted by molar-refractivity contribution is -0.146. The molecule has 0 saturated carbocycles. The van der Waals surface area contributed by atoms with Crippen molar-refractivity contribution in [1.29, 1.82) is 0 Å². The molecule has 5 nitrogen and oxygen atoms in total. The SMILES string of the molecule is C=CC(=C)CC/C=C(\C)COC(=O)[C@H](C)NC(=O)[C@H](C)N. The first kappa shape index (κ1) is 19.1. The van der Waals surface area contributed by atoms with Gasteiger partial charge in [-0.3, -0.25) is 4.79 Å². The van der Waals surface area contributed by atoms with Gasteiger partial charge >= 0.3 is 5.97 Å². The van der Waals surface area contributed by atoms with Gasteiger partial charge in [-0.15, -0.1) is 0 Å². The van der Waals surface area contributed by atoms with Gasteiger partial charge in [0.2, 0.25) is 5.91 Å². The highest BCUT2D eigenvalue weighted by atomic mass is 16.5. The molecular weight excluding hydrogens is 268 g/mol. The highest BCUT2D eigenvalue weighted by Gasteiger charge is 2.18. The normalized spacial score (nSPS) is 14.0. The van der Waals surface area contributed by atoms with Gasteiger partial charge < -0.3 is 15.8 Å². The Morgan fingerprint density at radius 3 is 2.52 bits per heavy atom. The molecular formula is C16H26N2O3. The highest BCUT2D eigenvalue weighted by molar-refractivity contribution is 5.86. The van der Waals surface area contributed by atoms with Crippen molar-refractivity contribution >= 4 is 11.9 Å². The minimum atomic E-state index is -0.711. The van der Waals surface area contributed by atoms with Gasteiger partial charge in [-0.05, 0) is 39.2 Å². The van der Waals surface area contributed by atoms with Gasteiger partial charge in [0.15, 0.2) is 0 Å². The van der Waals surface area contributed by atoms with Crippen molar-refractivity contribution < 1.29 is 14.3 Å². The molecule has 0 spiro atoms. The van der Waals surface area contributed by atoms with Crippen molar-refractivity contribution in [1.82, 2.24) is 5.32 Å². The van der Waals surface area contributed by atoms with Crippen LogP contribution in [0.25, 0.3) is 0 Å². The van der Waals surface area contributed by atoms with E-state index in [-0.39, 0.29) is 12.5 Å². The number of hydrogen-bond acceptors (Lipinski definition) is 4. The van der Waals surface area contributed by atoms with E-state index in [2.05, 4.69) is 18.5 Å². The quantitative estimate of drug-likeness (QED) is 0.386. The van der Waals surface area contributed by atoms with Crippen LogP contribution in [0.15, 0.2) is 36.5 Å². The third-order valence-electron chi connectivity index (χ3n) is 2.81. The molecule has 0 aliphatic heterocycles. The largest absolute Gasteiger partial charge is 0.460 e. The number of nitrogens with two attached hydrogens (primary N) is 1. The van der Waals surface area contributed by atoms with E-state index >= 15 is 0 Å². The van der Waals surface area contributed by atoms with Crippen LogP contribution >= 0.6 is 0 Å². The summed E-state index contributed by atoms with van der Waals surface area (Å²) in [4.78, 5) is 23.1. The molecule has 0 radical (unpaired) electrons. The van der Waals surface area contributed by atoms with E-state index in [9.17, 15) is 9.59 Å². The van der Waals surface area contributed by atoms with Crippen molar-refractivity contribution in [2.45, 2.75) is 45.7 Å². The Labute approximate surface area is 126 Å². The molecule has 0 bridgehead atoms. The predicted octanol–water partition coefficient (Wildman–Crippen LogP) is 1.85. The fourth-order valence-electron chi connectivity index (χ4n) is 1.38. The van der Waals surface area contributed by atoms with Gasteiger partial charge in [-0.25, -0.2) is 4.79 Å². The van der Waals surface area contributed by atoms with Crippen LogP contribution < -0.4 is 11.1 Å². The van der Waals surface area contributed by atoms with E-state index < -0.39 is 18.1 Å². The Morgan fingerprint density at radius 2 is 2.00 bits per heavy atom. The molecule has 21 heavy (non-hydrogen) atoms. The summed E-state index contributed by atoms with van der Waals surface area (Å²) in [6.07, 6.45) is 5.38. The third-order valence-corrected chi connectivity index (χ3v) is 2.81. The fourth-order valence-corrected chi connectivity index (χ4v) is 1.38. The number of allylic oxidation sites excluding steroid dienone is 3. The number of amides is 1. The predicted molar refractivity (Wildman–Crippen MR) is 84.5 cm³/mol. The second kappa shape index (κ2) is 9.94. The minimum absolute atomic E-state index is 0.206. The lowest BCUT2D eigenvalue weighted by Gasteiger charge is -2.15. The molecule has 0 aromatic heterocycles. The molecule has 0 aliphatic carbocycles. The topological polar surface area (TPSA) is 81.4 Å². The zero-order chi connectivity index (χ0) is 16.4. The van der Waals surface area contributed by atoms with Crippen LogP contribution in [0, 0.1) is 0 Å². The molecule has 1 amide bonds. The van der Waals surface area contributed by atoms with E-state index in [4.69, 9.17) is 10.5 Å². The molecule has 0 aromatic rings. The first-order valence-electron chi connectivity index (χ1n) is 6.96. The van der Waals surface area contributed by atoms with Gasteiger partial charge in [-0.1, -0.05) is 30.9 Å². The second-order valence-electron chi connectivity index (χ2n) is 5.08. The second-order valence-corrected chi connectivity index (χ2v) is 5.08. The van der Waals surface area contributed by atoms with Crippen LogP contribution in [0.1, 0.15) is 33.6 Å². The summed E-state index contributed by atoms with van der Waals surface area (Å²) in [6, 6.07) is -1.36. The maximum absolute atomic E-state index is 11.7. The Morgan fingerprint density at radius 1 is 1.38 bits per heavy atom. The number of carbonyl (C=O) groups is 2. The molecule has 0 fully saturated rings. The molecule has 5 heteroatoms. The lowest BCUT2D eigenvalue weighted by atomic mass is 10.1. The lowest BCUT2D eigenvalue weighted by Crippen LogP contribution is -2.46. The summed E-state index contributed by atoms with van der Waals surface area (Å²) in [5, 5.41) is 2.49. The van der Waals surface area contributed by atoms with Crippen molar-refractivity contribution in [2.75, 3.05) is 6.61 Å². The van der Waals surface area contributed by atoms with E-state index in [0.717, 1.165) is 24.0 Å². The van der Waals surface area contributed by atoms with Crippen molar-refractivity contribution in [3.05, 3.63) is 36.5 Å². The number of hydrogen-bond donors (Lipinski definition) is 2. The zero-order valence-electron chi connectivity index (χ0n) is 13.1. The first-order chi connectivity index (χ1) is 9.77. The van der Waals surface area contributed by atoms with Gasteiger partial charge in [0.25, 0.3) is 0 Å². The first-order valence-corrected chi connectivity index (χ1v) is 6.96. The maximum atomic E-state index is 11.7. The summed E-state index contributed by atoms with van der Waals surface area (Å²) >= 11 is 0.